The van der Waals surface area contributed by atoms with Gasteiger partial charge in [0.25, 0.3) is 0 Å². The Kier molecular flexibility index (Phi) is 2.80. The molecule has 0 spiro atoms. The largest absolute Gasteiger partial charge is 0.391 e. The molecule has 0 amide bonds. The normalized spacial score (nSPS) is 23.4. The Labute approximate surface area is 106 Å². The Bertz CT molecular complexity index is 535. The first kappa shape index (κ1) is 11.3. The number of aliphatic hydroxyl groups is 1. The average Bonchev–Trinajstić information content (AvgIpc) is 2.96. The van der Waals surface area contributed by atoms with Gasteiger partial charge in [-0.15, -0.1) is 0 Å². The molecule has 1 aliphatic rings. The van der Waals surface area contributed by atoms with Crippen molar-refractivity contribution in [1.82, 2.24) is 9.78 Å². The van der Waals surface area contributed by atoms with Gasteiger partial charge in [-0.25, -0.2) is 4.68 Å². The Morgan fingerprint density at radius 1 is 1.22 bits per heavy atom. The third kappa shape index (κ3) is 1.88. The first-order valence-electron chi connectivity index (χ1n) is 6.34. The lowest BCUT2D eigenvalue weighted by molar-refractivity contribution is 0.131. The molecule has 0 radical (unpaired) electrons. The van der Waals surface area contributed by atoms with Gasteiger partial charge in [0.05, 0.1) is 17.8 Å². The quantitative estimate of drug-likeness (QED) is 0.850. The molecule has 1 aliphatic carbocycles. The standard InChI is InChI=1S/C14H17N3O/c15-14-9-11(10-5-2-1-3-6-10)16-17(14)12-7-4-8-13(12)18/h1-3,5-6,9,12-13,18H,4,7-8,15H2. The van der Waals surface area contributed by atoms with Crippen LogP contribution in [-0.4, -0.2) is 21.0 Å². The van der Waals surface area contributed by atoms with Crippen LogP contribution in [-0.2, 0) is 0 Å². The van der Waals surface area contributed by atoms with Gasteiger partial charge in [0.1, 0.15) is 5.82 Å². The molecular weight excluding hydrogens is 226 g/mol. The first-order chi connectivity index (χ1) is 8.75. The van der Waals surface area contributed by atoms with Crippen molar-refractivity contribution in [2.75, 3.05) is 5.73 Å². The van der Waals surface area contributed by atoms with Crippen molar-refractivity contribution < 1.29 is 5.11 Å². The van der Waals surface area contributed by atoms with Gasteiger partial charge in [-0.3, -0.25) is 0 Å². The van der Waals surface area contributed by atoms with Crippen LogP contribution in [0.3, 0.4) is 0 Å². The minimum atomic E-state index is -0.323. The average molecular weight is 243 g/mol. The summed E-state index contributed by atoms with van der Waals surface area (Å²) in [5.41, 5.74) is 7.93. The van der Waals surface area contributed by atoms with E-state index in [0.717, 1.165) is 30.5 Å². The maximum absolute atomic E-state index is 9.93. The summed E-state index contributed by atoms with van der Waals surface area (Å²) in [6.07, 6.45) is 2.49. The van der Waals surface area contributed by atoms with Crippen LogP contribution < -0.4 is 5.73 Å². The molecule has 2 unspecified atom stereocenters. The second kappa shape index (κ2) is 4.46. The number of rotatable bonds is 2. The van der Waals surface area contributed by atoms with Gasteiger partial charge in [-0.05, 0) is 19.3 Å². The van der Waals surface area contributed by atoms with Crippen LogP contribution in [0.1, 0.15) is 25.3 Å². The highest BCUT2D eigenvalue weighted by molar-refractivity contribution is 5.62. The van der Waals surface area contributed by atoms with Gasteiger partial charge < -0.3 is 10.8 Å². The Balaban J connectivity index is 1.96. The molecule has 1 aromatic carbocycles. The van der Waals surface area contributed by atoms with E-state index >= 15 is 0 Å². The number of hydrogen-bond acceptors (Lipinski definition) is 3. The SMILES string of the molecule is Nc1cc(-c2ccccc2)nn1C1CCCC1O. The molecule has 1 heterocycles. The lowest BCUT2D eigenvalue weighted by Gasteiger charge is -2.16. The summed E-state index contributed by atoms with van der Waals surface area (Å²) in [4.78, 5) is 0. The predicted molar refractivity (Wildman–Crippen MR) is 71.0 cm³/mol. The van der Waals surface area contributed by atoms with E-state index in [1.54, 1.807) is 4.68 Å². The fourth-order valence-corrected chi connectivity index (χ4v) is 2.63. The van der Waals surface area contributed by atoms with E-state index in [-0.39, 0.29) is 12.1 Å². The van der Waals surface area contributed by atoms with Gasteiger partial charge in [0.15, 0.2) is 0 Å². The van der Waals surface area contributed by atoms with E-state index in [1.165, 1.54) is 0 Å². The van der Waals surface area contributed by atoms with E-state index in [2.05, 4.69) is 5.10 Å². The number of anilines is 1. The number of aliphatic hydroxyl groups excluding tert-OH is 1. The highest BCUT2D eigenvalue weighted by atomic mass is 16.3. The maximum Gasteiger partial charge on any atom is 0.122 e. The summed E-state index contributed by atoms with van der Waals surface area (Å²) in [7, 11) is 0. The summed E-state index contributed by atoms with van der Waals surface area (Å²) in [5.74, 6) is 0.625. The number of nitrogens with two attached hydrogens (primary N) is 1. The monoisotopic (exact) mass is 243 g/mol. The zero-order chi connectivity index (χ0) is 12.5. The van der Waals surface area contributed by atoms with Gasteiger partial charge in [-0.2, -0.15) is 5.10 Å². The predicted octanol–water partition coefficient (Wildman–Crippen LogP) is 2.22. The molecule has 1 saturated carbocycles. The smallest absolute Gasteiger partial charge is 0.122 e. The molecule has 0 bridgehead atoms. The van der Waals surface area contributed by atoms with Gasteiger partial charge >= 0.3 is 0 Å². The lowest BCUT2D eigenvalue weighted by atomic mass is 10.2. The number of nitrogens with zero attached hydrogens (tertiary/aromatic N) is 2. The van der Waals surface area contributed by atoms with Crippen molar-refractivity contribution in [3.63, 3.8) is 0 Å². The lowest BCUT2D eigenvalue weighted by Crippen LogP contribution is -2.20. The summed E-state index contributed by atoms with van der Waals surface area (Å²) < 4.78 is 1.78. The van der Waals surface area contributed by atoms with E-state index in [4.69, 9.17) is 5.73 Å². The van der Waals surface area contributed by atoms with Crippen molar-refractivity contribution in [2.24, 2.45) is 0 Å². The van der Waals surface area contributed by atoms with Crippen LogP contribution in [0.15, 0.2) is 36.4 Å². The molecule has 0 saturated heterocycles. The Hall–Kier alpha value is -1.81. The van der Waals surface area contributed by atoms with Crippen LogP contribution in [0.25, 0.3) is 11.3 Å². The third-order valence-electron chi connectivity index (χ3n) is 3.59. The van der Waals surface area contributed by atoms with Crippen LogP contribution >= 0.6 is 0 Å². The second-order valence-corrected chi connectivity index (χ2v) is 4.83. The summed E-state index contributed by atoms with van der Waals surface area (Å²) in [5, 5.41) is 14.5. The van der Waals surface area contributed by atoms with Crippen molar-refractivity contribution in [2.45, 2.75) is 31.4 Å². The number of aromatic nitrogens is 2. The summed E-state index contributed by atoms with van der Waals surface area (Å²) in [6.45, 7) is 0. The molecule has 4 heteroatoms. The molecule has 1 fully saturated rings. The Morgan fingerprint density at radius 3 is 2.67 bits per heavy atom. The third-order valence-corrected chi connectivity index (χ3v) is 3.59. The van der Waals surface area contributed by atoms with Crippen molar-refractivity contribution in [3.8, 4) is 11.3 Å². The van der Waals surface area contributed by atoms with Gasteiger partial charge in [0, 0.05) is 11.6 Å². The molecule has 3 N–H and O–H groups in total. The molecule has 4 nitrogen and oxygen atoms in total. The number of hydrogen-bond donors (Lipinski definition) is 2. The van der Waals surface area contributed by atoms with Gasteiger partial charge in [-0.1, -0.05) is 30.3 Å². The van der Waals surface area contributed by atoms with Crippen LogP contribution in [0.5, 0.6) is 0 Å². The molecule has 2 aromatic rings. The van der Waals surface area contributed by atoms with Crippen LogP contribution in [0.2, 0.25) is 0 Å². The van der Waals surface area contributed by atoms with Crippen LogP contribution in [0.4, 0.5) is 5.82 Å². The summed E-state index contributed by atoms with van der Waals surface area (Å²) in [6, 6.07) is 11.9. The zero-order valence-corrected chi connectivity index (χ0v) is 10.2. The van der Waals surface area contributed by atoms with E-state index < -0.39 is 0 Å². The topological polar surface area (TPSA) is 64.1 Å². The fourth-order valence-electron chi connectivity index (χ4n) is 2.63. The van der Waals surface area contributed by atoms with Crippen molar-refractivity contribution in [3.05, 3.63) is 36.4 Å². The molecule has 94 valence electrons. The zero-order valence-electron chi connectivity index (χ0n) is 10.2. The van der Waals surface area contributed by atoms with E-state index in [1.807, 2.05) is 36.4 Å². The van der Waals surface area contributed by atoms with E-state index in [0.29, 0.717) is 5.82 Å². The van der Waals surface area contributed by atoms with Crippen molar-refractivity contribution in [1.29, 1.82) is 0 Å². The summed E-state index contributed by atoms with van der Waals surface area (Å²) >= 11 is 0. The number of benzene rings is 1. The Morgan fingerprint density at radius 2 is 2.00 bits per heavy atom. The van der Waals surface area contributed by atoms with Crippen LogP contribution in [0, 0.1) is 0 Å². The maximum atomic E-state index is 9.93. The molecular formula is C14H17N3O. The highest BCUT2D eigenvalue weighted by Gasteiger charge is 2.29. The first-order valence-corrected chi connectivity index (χ1v) is 6.34. The molecule has 2 atom stereocenters. The molecule has 3 rings (SSSR count). The fraction of sp³-hybridized carbons (Fsp3) is 0.357. The second-order valence-electron chi connectivity index (χ2n) is 4.83. The molecule has 1 aromatic heterocycles. The molecule has 18 heavy (non-hydrogen) atoms. The highest BCUT2D eigenvalue weighted by Crippen LogP contribution is 2.33. The minimum absolute atomic E-state index is 0.0301. The van der Waals surface area contributed by atoms with Crippen molar-refractivity contribution >= 4 is 5.82 Å². The van der Waals surface area contributed by atoms with E-state index in [9.17, 15) is 5.11 Å². The number of nitrogen functional groups attached to an aromatic ring is 1. The molecule has 0 aliphatic heterocycles. The van der Waals surface area contributed by atoms with Gasteiger partial charge in [0.2, 0.25) is 0 Å². The minimum Gasteiger partial charge on any atom is -0.391 e.